The molecule has 5 heteroatoms. The van der Waals surface area contributed by atoms with Gasteiger partial charge in [-0.25, -0.2) is 9.07 Å². The minimum atomic E-state index is -0.852. The third kappa shape index (κ3) is 2.20. The van der Waals surface area contributed by atoms with Crippen LogP contribution in [0.1, 0.15) is 18.1 Å². The maximum atomic E-state index is 13.4. The monoisotopic (exact) mass is 257 g/mol. The van der Waals surface area contributed by atoms with E-state index in [1.165, 1.54) is 16.8 Å². The quantitative estimate of drug-likeness (QED) is 0.918. The van der Waals surface area contributed by atoms with Crippen molar-refractivity contribution < 1.29 is 9.50 Å². The van der Waals surface area contributed by atoms with Crippen LogP contribution in [-0.4, -0.2) is 20.6 Å². The molecule has 1 atom stereocenters. The van der Waals surface area contributed by atoms with Crippen molar-refractivity contribution in [2.45, 2.75) is 12.5 Å². The second-order valence-electron chi connectivity index (χ2n) is 4.27. The summed E-state index contributed by atoms with van der Waals surface area (Å²) in [5, 5.41) is 14.4. The summed E-state index contributed by atoms with van der Waals surface area (Å²) < 4.78 is 14.9. The molecule has 1 unspecified atom stereocenters. The van der Waals surface area contributed by atoms with E-state index in [-0.39, 0.29) is 5.82 Å². The fourth-order valence-corrected chi connectivity index (χ4v) is 2.09. The van der Waals surface area contributed by atoms with E-state index in [2.05, 4.69) is 10.1 Å². The van der Waals surface area contributed by atoms with Crippen LogP contribution >= 0.6 is 0 Å². The molecular formula is C14H12FN3O. The smallest absolute Gasteiger partial charge is 0.125 e. The summed E-state index contributed by atoms with van der Waals surface area (Å²) in [6.07, 6.45) is 6.60. The zero-order chi connectivity index (χ0) is 13.2. The second kappa shape index (κ2) is 4.78. The Bertz CT molecular complexity index is 647. The van der Waals surface area contributed by atoms with Gasteiger partial charge in [0.05, 0.1) is 11.4 Å². The molecule has 0 bridgehead atoms. The molecular weight excluding hydrogens is 245 g/mol. The SMILES string of the molecule is OC(C1=NC=CC1)c1ccc(F)cc1-n1cccn1. The highest BCUT2D eigenvalue weighted by atomic mass is 19.1. The fourth-order valence-electron chi connectivity index (χ4n) is 2.09. The van der Waals surface area contributed by atoms with Crippen molar-refractivity contribution in [2.24, 2.45) is 4.99 Å². The molecule has 0 saturated heterocycles. The Morgan fingerprint density at radius 3 is 2.95 bits per heavy atom. The lowest BCUT2D eigenvalue weighted by atomic mass is 10.0. The first-order chi connectivity index (χ1) is 9.25. The van der Waals surface area contributed by atoms with Gasteiger partial charge in [-0.3, -0.25) is 4.99 Å². The van der Waals surface area contributed by atoms with E-state index in [9.17, 15) is 9.50 Å². The number of hydrogen-bond acceptors (Lipinski definition) is 3. The van der Waals surface area contributed by atoms with E-state index in [4.69, 9.17) is 0 Å². The normalized spacial score (nSPS) is 15.6. The van der Waals surface area contributed by atoms with Gasteiger partial charge in [-0.1, -0.05) is 12.1 Å². The van der Waals surface area contributed by atoms with Crippen molar-refractivity contribution in [3.8, 4) is 5.69 Å². The highest BCUT2D eigenvalue weighted by Gasteiger charge is 2.20. The zero-order valence-electron chi connectivity index (χ0n) is 10.1. The average molecular weight is 257 g/mol. The third-order valence-electron chi connectivity index (χ3n) is 3.03. The molecule has 96 valence electrons. The summed E-state index contributed by atoms with van der Waals surface area (Å²) in [7, 11) is 0. The summed E-state index contributed by atoms with van der Waals surface area (Å²) in [6, 6.07) is 6.00. The first-order valence-electron chi connectivity index (χ1n) is 5.95. The summed E-state index contributed by atoms with van der Waals surface area (Å²) in [5.41, 5.74) is 1.76. The lowest BCUT2D eigenvalue weighted by molar-refractivity contribution is 0.245. The molecule has 1 aliphatic heterocycles. The number of benzene rings is 1. The van der Waals surface area contributed by atoms with Gasteiger partial charge in [-0.05, 0) is 18.2 Å². The Labute approximate surface area is 109 Å². The molecule has 0 aliphatic carbocycles. The van der Waals surface area contributed by atoms with Gasteiger partial charge in [0.25, 0.3) is 0 Å². The molecule has 2 heterocycles. The Hall–Kier alpha value is -2.27. The molecule has 1 N–H and O–H groups in total. The molecule has 1 aromatic heterocycles. The molecule has 4 nitrogen and oxygen atoms in total. The van der Waals surface area contributed by atoms with Crippen LogP contribution in [0.2, 0.25) is 0 Å². The first-order valence-corrected chi connectivity index (χ1v) is 5.95. The Kier molecular flexibility index (Phi) is 2.97. The minimum Gasteiger partial charge on any atom is -0.382 e. The molecule has 1 aromatic carbocycles. The van der Waals surface area contributed by atoms with Gasteiger partial charge >= 0.3 is 0 Å². The molecule has 0 fully saturated rings. The molecule has 1 aliphatic rings. The van der Waals surface area contributed by atoms with Crippen molar-refractivity contribution in [3.63, 3.8) is 0 Å². The van der Waals surface area contributed by atoms with Crippen LogP contribution in [0.25, 0.3) is 5.69 Å². The average Bonchev–Trinajstić information content (AvgIpc) is 3.11. The highest BCUT2D eigenvalue weighted by molar-refractivity contribution is 5.93. The van der Waals surface area contributed by atoms with E-state index in [1.54, 1.807) is 30.7 Å². The number of rotatable bonds is 3. The van der Waals surface area contributed by atoms with Crippen LogP contribution in [-0.2, 0) is 0 Å². The Morgan fingerprint density at radius 1 is 1.37 bits per heavy atom. The van der Waals surface area contributed by atoms with E-state index >= 15 is 0 Å². The van der Waals surface area contributed by atoms with Gasteiger partial charge in [0.2, 0.25) is 0 Å². The molecule has 0 spiro atoms. The lowest BCUT2D eigenvalue weighted by Crippen LogP contribution is -2.13. The third-order valence-corrected chi connectivity index (χ3v) is 3.03. The molecule has 0 saturated carbocycles. The van der Waals surface area contributed by atoms with E-state index in [1.807, 2.05) is 6.08 Å². The first kappa shape index (κ1) is 11.8. The van der Waals surface area contributed by atoms with Crippen LogP contribution in [0.4, 0.5) is 4.39 Å². The van der Waals surface area contributed by atoms with Gasteiger partial charge in [-0.2, -0.15) is 5.10 Å². The van der Waals surface area contributed by atoms with E-state index < -0.39 is 6.10 Å². The number of aliphatic imine (C=N–C) groups is 1. The number of nitrogens with zero attached hydrogens (tertiary/aromatic N) is 3. The van der Waals surface area contributed by atoms with Crippen molar-refractivity contribution in [1.82, 2.24) is 9.78 Å². The fraction of sp³-hybridized carbons (Fsp3) is 0.143. The van der Waals surface area contributed by atoms with Crippen molar-refractivity contribution in [2.75, 3.05) is 0 Å². The van der Waals surface area contributed by atoms with E-state index in [0.717, 1.165) is 0 Å². The molecule has 19 heavy (non-hydrogen) atoms. The lowest BCUT2D eigenvalue weighted by Gasteiger charge is -2.15. The zero-order valence-corrected chi connectivity index (χ0v) is 10.1. The van der Waals surface area contributed by atoms with Gasteiger partial charge in [0.15, 0.2) is 0 Å². The van der Waals surface area contributed by atoms with E-state index in [0.29, 0.717) is 23.4 Å². The number of hydrogen-bond donors (Lipinski definition) is 1. The van der Waals surface area contributed by atoms with Crippen LogP contribution < -0.4 is 0 Å². The van der Waals surface area contributed by atoms with Crippen LogP contribution in [0, 0.1) is 5.82 Å². The molecule has 2 aromatic rings. The van der Waals surface area contributed by atoms with Crippen molar-refractivity contribution in [3.05, 3.63) is 60.3 Å². The summed E-state index contributed by atoms with van der Waals surface area (Å²) in [5.74, 6) is -0.368. The van der Waals surface area contributed by atoms with Crippen molar-refractivity contribution >= 4 is 5.71 Å². The molecule has 0 radical (unpaired) electrons. The van der Waals surface area contributed by atoms with Crippen LogP contribution in [0.5, 0.6) is 0 Å². The van der Waals surface area contributed by atoms with Gasteiger partial charge in [0.1, 0.15) is 11.9 Å². The van der Waals surface area contributed by atoms with Gasteiger partial charge in [0, 0.05) is 30.6 Å². The van der Waals surface area contributed by atoms with Gasteiger partial charge in [-0.15, -0.1) is 0 Å². The number of aromatic nitrogens is 2. The standard InChI is InChI=1S/C14H12FN3O/c15-10-4-5-11(14(19)12-3-1-6-16-12)13(9-10)18-8-2-7-17-18/h1-2,4-9,14,19H,3H2. The number of aliphatic hydroxyl groups is 1. The topological polar surface area (TPSA) is 50.4 Å². The summed E-state index contributed by atoms with van der Waals surface area (Å²) in [4.78, 5) is 4.12. The van der Waals surface area contributed by atoms with Gasteiger partial charge < -0.3 is 5.11 Å². The van der Waals surface area contributed by atoms with Crippen LogP contribution in [0.15, 0.2) is 53.9 Å². The largest absolute Gasteiger partial charge is 0.382 e. The highest BCUT2D eigenvalue weighted by Crippen LogP contribution is 2.26. The predicted octanol–water partition coefficient (Wildman–Crippen LogP) is 2.40. The predicted molar refractivity (Wildman–Crippen MR) is 69.7 cm³/mol. The Morgan fingerprint density at radius 2 is 2.26 bits per heavy atom. The number of allylic oxidation sites excluding steroid dienone is 1. The number of aliphatic hydroxyl groups excluding tert-OH is 1. The van der Waals surface area contributed by atoms with Crippen LogP contribution in [0.3, 0.4) is 0 Å². The summed E-state index contributed by atoms with van der Waals surface area (Å²) in [6.45, 7) is 0. The second-order valence-corrected chi connectivity index (χ2v) is 4.27. The minimum absolute atomic E-state index is 0.368. The summed E-state index contributed by atoms with van der Waals surface area (Å²) >= 11 is 0. The maximum Gasteiger partial charge on any atom is 0.125 e. The van der Waals surface area contributed by atoms with Crippen molar-refractivity contribution in [1.29, 1.82) is 0 Å². The molecule has 0 amide bonds. The maximum absolute atomic E-state index is 13.4. The molecule has 3 rings (SSSR count). The Balaban J connectivity index is 2.06. The number of halogens is 1.